The number of rotatable bonds is 4. The molecule has 0 aliphatic carbocycles. The summed E-state index contributed by atoms with van der Waals surface area (Å²) in [6.45, 7) is 2.48. The van der Waals surface area contributed by atoms with Gasteiger partial charge in [-0.1, -0.05) is 30.3 Å². The van der Waals surface area contributed by atoms with Gasteiger partial charge in [0.15, 0.2) is 5.82 Å². The van der Waals surface area contributed by atoms with Crippen LogP contribution in [0.15, 0.2) is 41.5 Å². The standard InChI is InChI=1S/C14H15N5O/c1-10-12(16-9-15-10)13-17-18-14(20)19(13)8-7-11-5-3-2-4-6-11/h2-6,9H,7-8H2,1H3,(H,15,16)(H,18,20). The van der Waals surface area contributed by atoms with Gasteiger partial charge in [-0.25, -0.2) is 14.9 Å². The third kappa shape index (κ3) is 2.27. The first kappa shape index (κ1) is 12.4. The van der Waals surface area contributed by atoms with Crippen molar-refractivity contribution in [1.29, 1.82) is 0 Å². The molecule has 0 saturated carbocycles. The molecule has 0 spiro atoms. The van der Waals surface area contributed by atoms with Crippen molar-refractivity contribution in [3.63, 3.8) is 0 Å². The molecule has 20 heavy (non-hydrogen) atoms. The molecule has 102 valence electrons. The summed E-state index contributed by atoms with van der Waals surface area (Å²) in [5.41, 5.74) is 2.57. The molecule has 0 aliphatic rings. The summed E-state index contributed by atoms with van der Waals surface area (Å²) in [4.78, 5) is 19.1. The Labute approximate surface area is 115 Å². The van der Waals surface area contributed by atoms with Crippen LogP contribution >= 0.6 is 0 Å². The molecule has 2 aromatic heterocycles. The summed E-state index contributed by atoms with van der Waals surface area (Å²) in [5.74, 6) is 0.574. The van der Waals surface area contributed by atoms with Crippen molar-refractivity contribution >= 4 is 0 Å². The predicted octanol–water partition coefficient (Wildman–Crippen LogP) is 1.51. The molecule has 2 N–H and O–H groups in total. The molecule has 1 aromatic carbocycles. The van der Waals surface area contributed by atoms with Crippen LogP contribution in [0, 0.1) is 6.92 Å². The third-order valence-corrected chi connectivity index (χ3v) is 3.27. The van der Waals surface area contributed by atoms with Gasteiger partial charge in [0.05, 0.1) is 6.33 Å². The van der Waals surface area contributed by atoms with E-state index in [0.717, 1.165) is 12.1 Å². The lowest BCUT2D eigenvalue weighted by Gasteiger charge is -2.05. The monoisotopic (exact) mass is 269 g/mol. The van der Waals surface area contributed by atoms with Crippen LogP contribution < -0.4 is 5.69 Å². The molecule has 0 unspecified atom stereocenters. The average Bonchev–Trinajstić information content (AvgIpc) is 3.04. The van der Waals surface area contributed by atoms with Crippen molar-refractivity contribution in [1.82, 2.24) is 24.7 Å². The zero-order valence-electron chi connectivity index (χ0n) is 11.1. The zero-order valence-corrected chi connectivity index (χ0v) is 11.1. The number of imidazole rings is 1. The van der Waals surface area contributed by atoms with E-state index in [1.165, 1.54) is 5.56 Å². The highest BCUT2D eigenvalue weighted by atomic mass is 16.1. The summed E-state index contributed by atoms with van der Waals surface area (Å²) >= 11 is 0. The maximum absolute atomic E-state index is 11.9. The maximum atomic E-state index is 11.9. The normalized spacial score (nSPS) is 10.8. The summed E-state index contributed by atoms with van der Waals surface area (Å²) in [7, 11) is 0. The van der Waals surface area contributed by atoms with Gasteiger partial charge in [0, 0.05) is 12.2 Å². The second kappa shape index (κ2) is 5.16. The average molecular weight is 269 g/mol. The Bertz CT molecular complexity index is 753. The van der Waals surface area contributed by atoms with E-state index >= 15 is 0 Å². The summed E-state index contributed by atoms with van der Waals surface area (Å²) in [6.07, 6.45) is 2.38. The van der Waals surface area contributed by atoms with Crippen LogP contribution in [-0.4, -0.2) is 24.7 Å². The van der Waals surface area contributed by atoms with Crippen LogP contribution in [0.5, 0.6) is 0 Å². The lowest BCUT2D eigenvalue weighted by molar-refractivity contribution is 0.676. The number of hydrogen-bond donors (Lipinski definition) is 2. The van der Waals surface area contributed by atoms with Crippen molar-refractivity contribution in [2.45, 2.75) is 19.9 Å². The van der Waals surface area contributed by atoms with Gasteiger partial charge in [0.1, 0.15) is 5.69 Å². The third-order valence-electron chi connectivity index (χ3n) is 3.27. The first-order valence-electron chi connectivity index (χ1n) is 6.45. The number of aryl methyl sites for hydroxylation is 2. The highest BCUT2D eigenvalue weighted by Crippen LogP contribution is 2.15. The summed E-state index contributed by atoms with van der Waals surface area (Å²) < 4.78 is 1.62. The van der Waals surface area contributed by atoms with Gasteiger partial charge in [-0.05, 0) is 18.9 Å². The van der Waals surface area contributed by atoms with Gasteiger partial charge >= 0.3 is 5.69 Å². The van der Waals surface area contributed by atoms with Crippen molar-refractivity contribution in [3.8, 4) is 11.5 Å². The second-order valence-electron chi connectivity index (χ2n) is 4.62. The van der Waals surface area contributed by atoms with Gasteiger partial charge in [0.25, 0.3) is 0 Å². The largest absolute Gasteiger partial charge is 0.348 e. The van der Waals surface area contributed by atoms with Crippen LogP contribution in [-0.2, 0) is 13.0 Å². The Morgan fingerprint density at radius 2 is 2.05 bits per heavy atom. The zero-order chi connectivity index (χ0) is 13.9. The van der Waals surface area contributed by atoms with Crippen LogP contribution in [0.4, 0.5) is 0 Å². The molecule has 0 atom stereocenters. The van der Waals surface area contributed by atoms with E-state index in [0.29, 0.717) is 18.1 Å². The Morgan fingerprint density at radius 3 is 2.75 bits per heavy atom. The fourth-order valence-electron chi connectivity index (χ4n) is 2.18. The minimum Gasteiger partial charge on any atom is -0.348 e. The highest BCUT2D eigenvalue weighted by Gasteiger charge is 2.14. The van der Waals surface area contributed by atoms with Gasteiger partial charge in [-0.3, -0.25) is 4.57 Å². The molecule has 3 aromatic rings. The van der Waals surface area contributed by atoms with Crippen LogP contribution in [0.3, 0.4) is 0 Å². The highest BCUT2D eigenvalue weighted by molar-refractivity contribution is 5.52. The minimum atomic E-state index is -0.210. The fraction of sp³-hybridized carbons (Fsp3) is 0.214. The van der Waals surface area contributed by atoms with Crippen molar-refractivity contribution in [2.75, 3.05) is 0 Å². The number of benzene rings is 1. The van der Waals surface area contributed by atoms with E-state index in [1.807, 2.05) is 37.3 Å². The van der Waals surface area contributed by atoms with Crippen LogP contribution in [0.25, 0.3) is 11.5 Å². The van der Waals surface area contributed by atoms with Crippen molar-refractivity contribution < 1.29 is 0 Å². The van der Waals surface area contributed by atoms with E-state index in [2.05, 4.69) is 20.2 Å². The molecule has 6 nitrogen and oxygen atoms in total. The molecule has 0 bridgehead atoms. The smallest absolute Gasteiger partial charge is 0.343 e. The SMILES string of the molecule is Cc1[nH]cnc1-c1n[nH]c(=O)n1CCc1ccccc1. The second-order valence-corrected chi connectivity index (χ2v) is 4.62. The first-order valence-corrected chi connectivity index (χ1v) is 6.45. The summed E-state index contributed by atoms with van der Waals surface area (Å²) in [6, 6.07) is 10.1. The summed E-state index contributed by atoms with van der Waals surface area (Å²) in [5, 5.41) is 6.57. The van der Waals surface area contributed by atoms with Crippen molar-refractivity contribution in [3.05, 3.63) is 58.4 Å². The Kier molecular flexibility index (Phi) is 3.20. The van der Waals surface area contributed by atoms with Gasteiger partial charge in [-0.15, -0.1) is 0 Å². The van der Waals surface area contributed by atoms with Gasteiger partial charge < -0.3 is 4.98 Å². The van der Waals surface area contributed by atoms with E-state index in [-0.39, 0.29) is 5.69 Å². The number of hydrogen-bond acceptors (Lipinski definition) is 3. The molecule has 0 amide bonds. The van der Waals surface area contributed by atoms with Gasteiger partial charge in [0.2, 0.25) is 0 Å². The van der Waals surface area contributed by atoms with E-state index < -0.39 is 0 Å². The quantitative estimate of drug-likeness (QED) is 0.753. The molecule has 0 saturated heterocycles. The number of nitrogens with zero attached hydrogens (tertiary/aromatic N) is 3. The minimum absolute atomic E-state index is 0.210. The van der Waals surface area contributed by atoms with Crippen LogP contribution in [0.1, 0.15) is 11.3 Å². The number of H-pyrrole nitrogens is 2. The Morgan fingerprint density at radius 1 is 1.25 bits per heavy atom. The van der Waals surface area contributed by atoms with E-state index in [4.69, 9.17) is 0 Å². The molecule has 0 radical (unpaired) electrons. The topological polar surface area (TPSA) is 79.4 Å². The van der Waals surface area contributed by atoms with E-state index in [9.17, 15) is 4.79 Å². The Balaban J connectivity index is 1.89. The fourth-order valence-corrected chi connectivity index (χ4v) is 2.18. The van der Waals surface area contributed by atoms with E-state index in [1.54, 1.807) is 10.9 Å². The molecule has 6 heteroatoms. The Hall–Kier alpha value is -2.63. The first-order chi connectivity index (χ1) is 9.75. The van der Waals surface area contributed by atoms with Crippen LogP contribution in [0.2, 0.25) is 0 Å². The van der Waals surface area contributed by atoms with Gasteiger partial charge in [-0.2, -0.15) is 5.10 Å². The van der Waals surface area contributed by atoms with Crippen molar-refractivity contribution in [2.24, 2.45) is 0 Å². The lowest BCUT2D eigenvalue weighted by atomic mass is 10.1. The number of nitrogens with one attached hydrogen (secondary N) is 2. The molecule has 0 aliphatic heterocycles. The maximum Gasteiger partial charge on any atom is 0.343 e. The molecule has 0 fully saturated rings. The number of aromatic amines is 2. The number of aromatic nitrogens is 5. The molecular weight excluding hydrogens is 254 g/mol. The molecule has 3 rings (SSSR count). The molecular formula is C14H15N5O. The molecule has 2 heterocycles. The lowest BCUT2D eigenvalue weighted by Crippen LogP contribution is -2.19. The predicted molar refractivity (Wildman–Crippen MR) is 75.3 cm³/mol.